The highest BCUT2D eigenvalue weighted by Gasteiger charge is 2.24. The highest BCUT2D eigenvalue weighted by Crippen LogP contribution is 2.21. The van der Waals surface area contributed by atoms with Gasteiger partial charge in [0, 0.05) is 12.5 Å². The molecule has 0 saturated carbocycles. The molecule has 0 unspecified atom stereocenters. The maximum absolute atomic E-state index is 12.4. The van der Waals surface area contributed by atoms with Crippen molar-refractivity contribution in [1.82, 2.24) is 4.90 Å². The summed E-state index contributed by atoms with van der Waals surface area (Å²) < 4.78 is 0. The van der Waals surface area contributed by atoms with Gasteiger partial charge >= 0.3 is 0 Å². The number of amides is 1. The molecule has 1 aliphatic carbocycles. The topological polar surface area (TPSA) is 44.1 Å². The van der Waals surface area contributed by atoms with Gasteiger partial charge in [0.2, 0.25) is 5.91 Å². The molecule has 0 spiro atoms. The lowest BCUT2D eigenvalue weighted by molar-refractivity contribution is -0.135. The van der Waals surface area contributed by atoms with Crippen molar-refractivity contribution in [2.75, 3.05) is 6.54 Å². The number of rotatable bonds is 4. The molecule has 3 nitrogen and oxygen atoms in total. The summed E-state index contributed by atoms with van der Waals surface area (Å²) in [5, 5.41) is 8.90. The van der Waals surface area contributed by atoms with Crippen LogP contribution in [0.3, 0.4) is 0 Å². The van der Waals surface area contributed by atoms with E-state index in [0.717, 1.165) is 24.8 Å². The van der Waals surface area contributed by atoms with E-state index in [9.17, 15) is 4.79 Å². The molecule has 2 rings (SSSR count). The molecule has 0 radical (unpaired) electrons. The molecule has 0 aromatic heterocycles. The second kappa shape index (κ2) is 6.75. The first-order valence-corrected chi connectivity index (χ1v) is 6.66. The molecule has 0 heterocycles. The first-order chi connectivity index (χ1) is 9.31. The van der Waals surface area contributed by atoms with Crippen molar-refractivity contribution in [2.24, 2.45) is 5.92 Å². The summed E-state index contributed by atoms with van der Waals surface area (Å²) in [5.74, 6) is 0.150. The van der Waals surface area contributed by atoms with Crippen LogP contribution >= 0.6 is 0 Å². The third-order valence-corrected chi connectivity index (χ3v) is 3.41. The van der Waals surface area contributed by atoms with Crippen molar-refractivity contribution in [3.63, 3.8) is 0 Å². The monoisotopic (exact) mass is 254 g/mol. The number of hydrogen-bond donors (Lipinski definition) is 0. The van der Waals surface area contributed by atoms with Crippen molar-refractivity contribution in [1.29, 1.82) is 5.26 Å². The fraction of sp³-hybridized carbons (Fsp3) is 0.375. The molecule has 1 amide bonds. The summed E-state index contributed by atoms with van der Waals surface area (Å²) in [5.41, 5.74) is 1.07. The summed E-state index contributed by atoms with van der Waals surface area (Å²) in [6.45, 7) is 0.682. The fourth-order valence-corrected chi connectivity index (χ4v) is 2.38. The Morgan fingerprint density at radius 1 is 1.32 bits per heavy atom. The van der Waals surface area contributed by atoms with Gasteiger partial charge in [0.1, 0.15) is 6.54 Å². The summed E-state index contributed by atoms with van der Waals surface area (Å²) in [6, 6.07) is 11.9. The number of nitriles is 1. The summed E-state index contributed by atoms with van der Waals surface area (Å²) in [6.07, 6.45) is 6.85. The molecule has 1 atom stereocenters. The lowest BCUT2D eigenvalue weighted by Crippen LogP contribution is -2.36. The predicted octanol–water partition coefficient (Wildman–Crippen LogP) is 2.90. The first kappa shape index (κ1) is 13.4. The average Bonchev–Trinajstić information content (AvgIpc) is 2.48. The molecule has 1 aliphatic rings. The standard InChI is InChI=1S/C16H18N2O/c17-11-12-18(13-14-7-3-1-4-8-14)16(19)15-9-5-2-6-10-15/h1-5,7-8,15H,6,9-10,12-13H2/t15-/m0/s1. The van der Waals surface area contributed by atoms with E-state index in [1.807, 2.05) is 30.3 Å². The minimum absolute atomic E-state index is 0.0436. The van der Waals surface area contributed by atoms with Gasteiger partial charge in [-0.1, -0.05) is 42.5 Å². The molecule has 3 heteroatoms. The summed E-state index contributed by atoms with van der Waals surface area (Å²) in [7, 11) is 0. The minimum Gasteiger partial charge on any atom is -0.325 e. The molecule has 0 bridgehead atoms. The van der Waals surface area contributed by atoms with Crippen molar-refractivity contribution in [2.45, 2.75) is 25.8 Å². The first-order valence-electron chi connectivity index (χ1n) is 6.66. The predicted molar refractivity (Wildman–Crippen MR) is 74.0 cm³/mol. The van der Waals surface area contributed by atoms with Crippen LogP contribution in [-0.2, 0) is 11.3 Å². The normalized spacial score (nSPS) is 17.7. The van der Waals surface area contributed by atoms with Gasteiger partial charge in [-0.05, 0) is 24.8 Å². The number of benzene rings is 1. The van der Waals surface area contributed by atoms with E-state index in [0.29, 0.717) is 6.54 Å². The van der Waals surface area contributed by atoms with Gasteiger partial charge in [0.15, 0.2) is 0 Å². The van der Waals surface area contributed by atoms with Gasteiger partial charge in [-0.15, -0.1) is 0 Å². The van der Waals surface area contributed by atoms with Gasteiger partial charge < -0.3 is 4.90 Å². The fourth-order valence-electron chi connectivity index (χ4n) is 2.38. The zero-order valence-corrected chi connectivity index (χ0v) is 11.0. The second-order valence-corrected chi connectivity index (χ2v) is 4.82. The van der Waals surface area contributed by atoms with Crippen LogP contribution < -0.4 is 0 Å². The van der Waals surface area contributed by atoms with Crippen LogP contribution in [0.4, 0.5) is 0 Å². The van der Waals surface area contributed by atoms with Gasteiger partial charge in [-0.2, -0.15) is 5.26 Å². The Bertz CT molecular complexity index is 487. The Morgan fingerprint density at radius 2 is 2.11 bits per heavy atom. The average molecular weight is 254 g/mol. The number of nitrogens with zero attached hydrogens (tertiary/aromatic N) is 2. The highest BCUT2D eigenvalue weighted by atomic mass is 16.2. The van der Waals surface area contributed by atoms with Crippen LogP contribution in [0.15, 0.2) is 42.5 Å². The summed E-state index contributed by atoms with van der Waals surface area (Å²) in [4.78, 5) is 14.1. The van der Waals surface area contributed by atoms with Gasteiger partial charge in [0.25, 0.3) is 0 Å². The Kier molecular flexibility index (Phi) is 4.74. The summed E-state index contributed by atoms with van der Waals surface area (Å²) >= 11 is 0. The van der Waals surface area contributed by atoms with Crippen LogP contribution in [0.1, 0.15) is 24.8 Å². The largest absolute Gasteiger partial charge is 0.325 e. The maximum atomic E-state index is 12.4. The molecule has 0 fully saturated rings. The lowest BCUT2D eigenvalue weighted by Gasteiger charge is -2.26. The van der Waals surface area contributed by atoms with Crippen molar-refractivity contribution in [3.05, 3.63) is 48.0 Å². The number of carbonyl (C=O) groups excluding carboxylic acids is 1. The molecular formula is C16H18N2O. The van der Waals surface area contributed by atoms with Crippen LogP contribution in [0.5, 0.6) is 0 Å². The van der Waals surface area contributed by atoms with Crippen LogP contribution in [-0.4, -0.2) is 17.4 Å². The Balaban J connectivity index is 2.05. The Labute approximate surface area is 114 Å². The molecule has 1 aromatic rings. The molecule has 0 aliphatic heterocycles. The van der Waals surface area contributed by atoms with Crippen LogP contribution in [0.2, 0.25) is 0 Å². The lowest BCUT2D eigenvalue weighted by atomic mass is 9.93. The number of hydrogen-bond acceptors (Lipinski definition) is 2. The third-order valence-electron chi connectivity index (χ3n) is 3.41. The molecule has 98 valence electrons. The highest BCUT2D eigenvalue weighted by molar-refractivity contribution is 5.79. The van der Waals surface area contributed by atoms with Gasteiger partial charge in [0.05, 0.1) is 6.07 Å². The van der Waals surface area contributed by atoms with Crippen molar-refractivity contribution in [3.8, 4) is 6.07 Å². The maximum Gasteiger partial charge on any atom is 0.227 e. The molecule has 19 heavy (non-hydrogen) atoms. The molecular weight excluding hydrogens is 236 g/mol. The Morgan fingerprint density at radius 3 is 2.74 bits per heavy atom. The molecule has 0 N–H and O–H groups in total. The van der Waals surface area contributed by atoms with Crippen molar-refractivity contribution < 1.29 is 4.79 Å². The molecule has 1 aromatic carbocycles. The number of allylic oxidation sites excluding steroid dienone is 2. The van der Waals surface area contributed by atoms with E-state index < -0.39 is 0 Å². The molecule has 0 saturated heterocycles. The minimum atomic E-state index is 0.0436. The van der Waals surface area contributed by atoms with E-state index >= 15 is 0 Å². The SMILES string of the molecule is N#CCN(Cc1ccccc1)C(=O)[C@H]1CC=CCC1. The van der Waals surface area contributed by atoms with E-state index in [4.69, 9.17) is 5.26 Å². The Hall–Kier alpha value is -2.08. The number of carbonyl (C=O) groups is 1. The van der Waals surface area contributed by atoms with Gasteiger partial charge in [-0.3, -0.25) is 4.79 Å². The van der Waals surface area contributed by atoms with E-state index in [2.05, 4.69) is 18.2 Å². The quantitative estimate of drug-likeness (QED) is 0.612. The second-order valence-electron chi connectivity index (χ2n) is 4.82. The third kappa shape index (κ3) is 3.69. The van der Waals surface area contributed by atoms with Gasteiger partial charge in [-0.25, -0.2) is 0 Å². The van der Waals surface area contributed by atoms with E-state index in [1.165, 1.54) is 0 Å². The van der Waals surface area contributed by atoms with E-state index in [-0.39, 0.29) is 18.4 Å². The smallest absolute Gasteiger partial charge is 0.227 e. The zero-order chi connectivity index (χ0) is 13.5. The zero-order valence-electron chi connectivity index (χ0n) is 11.0. The van der Waals surface area contributed by atoms with Crippen LogP contribution in [0, 0.1) is 17.2 Å². The van der Waals surface area contributed by atoms with Crippen LogP contribution in [0.25, 0.3) is 0 Å². The van der Waals surface area contributed by atoms with Crippen molar-refractivity contribution >= 4 is 5.91 Å². The van der Waals surface area contributed by atoms with E-state index in [1.54, 1.807) is 4.90 Å².